The Morgan fingerprint density at radius 2 is 1.71 bits per heavy atom. The second-order valence-electron chi connectivity index (χ2n) is 9.45. The third kappa shape index (κ3) is 5.81. The quantitative estimate of drug-likeness (QED) is 0.426. The molecule has 4 rings (SSSR count). The molecule has 7 nitrogen and oxygen atoms in total. The van der Waals surface area contributed by atoms with Crippen LogP contribution in [0.15, 0.2) is 48.5 Å². The van der Waals surface area contributed by atoms with Gasteiger partial charge in [-0.2, -0.15) is 11.8 Å². The Kier molecular flexibility index (Phi) is 8.00. The van der Waals surface area contributed by atoms with Crippen LogP contribution in [0.3, 0.4) is 0 Å². The van der Waals surface area contributed by atoms with Crippen molar-refractivity contribution in [3.8, 4) is 11.1 Å². The highest BCUT2D eigenvalue weighted by Crippen LogP contribution is 2.45. The van der Waals surface area contributed by atoms with Gasteiger partial charge in [0.25, 0.3) is 0 Å². The van der Waals surface area contributed by atoms with E-state index in [1.165, 1.54) is 11.1 Å². The van der Waals surface area contributed by atoms with Gasteiger partial charge in [0.15, 0.2) is 0 Å². The first-order chi connectivity index (χ1) is 16.9. The molecule has 0 aromatic heterocycles. The van der Waals surface area contributed by atoms with E-state index in [0.29, 0.717) is 18.7 Å². The number of carbonyl (C=O) groups excluding carboxylic acids is 2. The van der Waals surface area contributed by atoms with Crippen molar-refractivity contribution in [2.45, 2.75) is 44.1 Å². The Labute approximate surface area is 210 Å². The highest BCUT2D eigenvalue weighted by Gasteiger charge is 2.40. The van der Waals surface area contributed by atoms with Gasteiger partial charge in [-0.15, -0.1) is 0 Å². The number of aliphatic carboxylic acids is 1. The first-order valence-electron chi connectivity index (χ1n) is 12.0. The molecule has 2 amide bonds. The smallest absolute Gasteiger partial charge is 0.407 e. The SMILES string of the molecule is CSCCC(NC(=O)CC1(CNC(=O)OCC2c3ccccc3-c3ccccc32)CCC1)C(=O)O. The van der Waals surface area contributed by atoms with E-state index in [0.717, 1.165) is 30.4 Å². The number of benzene rings is 2. The van der Waals surface area contributed by atoms with E-state index < -0.39 is 18.1 Å². The second-order valence-corrected chi connectivity index (χ2v) is 10.4. The van der Waals surface area contributed by atoms with E-state index in [4.69, 9.17) is 4.74 Å². The highest BCUT2D eigenvalue weighted by molar-refractivity contribution is 7.98. The van der Waals surface area contributed by atoms with E-state index >= 15 is 0 Å². The van der Waals surface area contributed by atoms with E-state index in [-0.39, 0.29) is 30.3 Å². The van der Waals surface area contributed by atoms with Gasteiger partial charge in [-0.25, -0.2) is 9.59 Å². The highest BCUT2D eigenvalue weighted by atomic mass is 32.2. The van der Waals surface area contributed by atoms with Crippen LogP contribution in [0.25, 0.3) is 11.1 Å². The maximum atomic E-state index is 12.6. The number of rotatable bonds is 11. The molecule has 2 aromatic rings. The predicted molar refractivity (Wildman–Crippen MR) is 137 cm³/mol. The summed E-state index contributed by atoms with van der Waals surface area (Å²) in [4.78, 5) is 36.6. The van der Waals surface area contributed by atoms with Gasteiger partial charge >= 0.3 is 12.1 Å². The minimum atomic E-state index is -1.02. The molecule has 2 aromatic carbocycles. The monoisotopic (exact) mass is 496 g/mol. The molecule has 3 N–H and O–H groups in total. The summed E-state index contributed by atoms with van der Waals surface area (Å²) in [5.74, 6) is -0.656. The number of hydrogen-bond donors (Lipinski definition) is 3. The minimum Gasteiger partial charge on any atom is -0.480 e. The van der Waals surface area contributed by atoms with Gasteiger partial charge in [-0.05, 0) is 58.9 Å². The van der Waals surface area contributed by atoms with Crippen molar-refractivity contribution >= 4 is 29.7 Å². The first-order valence-corrected chi connectivity index (χ1v) is 13.4. The summed E-state index contributed by atoms with van der Waals surface area (Å²) in [6.07, 6.45) is 4.58. The number of amides is 2. The number of alkyl carbamates (subject to hydrolysis) is 1. The molecule has 1 unspecified atom stereocenters. The molecule has 1 saturated carbocycles. The largest absolute Gasteiger partial charge is 0.480 e. The van der Waals surface area contributed by atoms with E-state index in [1.807, 2.05) is 30.5 Å². The number of nitrogens with one attached hydrogen (secondary N) is 2. The fourth-order valence-electron chi connectivity index (χ4n) is 5.08. The number of carboxylic acid groups (broad SMARTS) is 1. The van der Waals surface area contributed by atoms with Crippen LogP contribution in [-0.4, -0.2) is 54.3 Å². The molecule has 1 fully saturated rings. The van der Waals surface area contributed by atoms with Gasteiger partial charge in [0.2, 0.25) is 5.91 Å². The van der Waals surface area contributed by atoms with E-state index in [9.17, 15) is 19.5 Å². The Morgan fingerprint density at radius 1 is 1.09 bits per heavy atom. The van der Waals surface area contributed by atoms with Crippen LogP contribution in [0.2, 0.25) is 0 Å². The maximum absolute atomic E-state index is 12.6. The number of carboxylic acids is 1. The summed E-state index contributed by atoms with van der Waals surface area (Å²) in [6, 6.07) is 15.5. The van der Waals surface area contributed by atoms with Crippen molar-refractivity contribution in [1.29, 1.82) is 0 Å². The number of ether oxygens (including phenoxy) is 1. The molecular weight excluding hydrogens is 464 g/mol. The Morgan fingerprint density at radius 3 is 2.26 bits per heavy atom. The average Bonchev–Trinajstić information content (AvgIpc) is 3.15. The van der Waals surface area contributed by atoms with Crippen molar-refractivity contribution in [3.05, 3.63) is 59.7 Å². The van der Waals surface area contributed by atoms with Crippen LogP contribution in [-0.2, 0) is 14.3 Å². The third-order valence-corrected chi connectivity index (χ3v) is 7.79. The minimum absolute atomic E-state index is 0.00849. The number of thioether (sulfide) groups is 1. The lowest BCUT2D eigenvalue weighted by molar-refractivity contribution is -0.142. The molecule has 0 spiro atoms. The Balaban J connectivity index is 1.29. The number of fused-ring (bicyclic) bond motifs is 3. The first kappa shape index (κ1) is 25.1. The average molecular weight is 497 g/mol. The summed E-state index contributed by atoms with van der Waals surface area (Å²) in [5.41, 5.74) is 4.31. The Bertz CT molecular complexity index is 1040. The molecule has 2 aliphatic rings. The normalized spacial score (nSPS) is 16.4. The standard InChI is InChI=1S/C27H32N2O5S/c1-35-14-11-23(25(31)32)29-24(30)15-27(12-6-13-27)17-28-26(33)34-16-22-20-9-4-2-7-18(20)19-8-3-5-10-21(19)22/h2-5,7-10,22-23H,6,11-17H2,1H3,(H,28,33)(H,29,30)(H,31,32). The lowest BCUT2D eigenvalue weighted by Gasteiger charge is -2.41. The van der Waals surface area contributed by atoms with Crippen LogP contribution in [0.1, 0.15) is 49.1 Å². The fourth-order valence-corrected chi connectivity index (χ4v) is 5.55. The lowest BCUT2D eigenvalue weighted by Crippen LogP contribution is -2.48. The van der Waals surface area contributed by atoms with Crippen LogP contribution in [0.4, 0.5) is 4.79 Å². The third-order valence-electron chi connectivity index (χ3n) is 7.15. The molecule has 1 atom stereocenters. The number of hydrogen-bond acceptors (Lipinski definition) is 5. The van der Waals surface area contributed by atoms with Gasteiger partial charge in [0.1, 0.15) is 12.6 Å². The summed E-state index contributed by atoms with van der Waals surface area (Å²) in [6.45, 7) is 0.572. The van der Waals surface area contributed by atoms with Crippen molar-refractivity contribution in [3.63, 3.8) is 0 Å². The Hall–Kier alpha value is -3.00. The van der Waals surface area contributed by atoms with Gasteiger partial charge < -0.3 is 20.5 Å². The molecule has 0 radical (unpaired) electrons. The molecule has 8 heteroatoms. The molecule has 0 saturated heterocycles. The molecule has 0 aliphatic heterocycles. The van der Waals surface area contributed by atoms with Crippen molar-refractivity contribution in [1.82, 2.24) is 10.6 Å². The zero-order valence-corrected chi connectivity index (χ0v) is 20.7. The van der Waals surface area contributed by atoms with Gasteiger partial charge in [-0.1, -0.05) is 55.0 Å². The van der Waals surface area contributed by atoms with Gasteiger partial charge in [-0.3, -0.25) is 4.79 Å². The van der Waals surface area contributed by atoms with Crippen molar-refractivity contribution in [2.24, 2.45) is 5.41 Å². The maximum Gasteiger partial charge on any atom is 0.407 e. The molecule has 35 heavy (non-hydrogen) atoms. The summed E-state index contributed by atoms with van der Waals surface area (Å²) in [5, 5.41) is 14.9. The molecule has 186 valence electrons. The number of carbonyl (C=O) groups is 3. The molecule has 0 bridgehead atoms. The molecule has 2 aliphatic carbocycles. The second kappa shape index (κ2) is 11.2. The summed E-state index contributed by atoms with van der Waals surface area (Å²) in [7, 11) is 0. The summed E-state index contributed by atoms with van der Waals surface area (Å²) >= 11 is 1.54. The van der Waals surface area contributed by atoms with Crippen LogP contribution >= 0.6 is 11.8 Å². The van der Waals surface area contributed by atoms with Gasteiger partial charge in [0, 0.05) is 18.9 Å². The van der Waals surface area contributed by atoms with Crippen molar-refractivity contribution < 1.29 is 24.2 Å². The predicted octanol–water partition coefficient (Wildman–Crippen LogP) is 4.41. The fraction of sp³-hybridized carbons (Fsp3) is 0.444. The van der Waals surface area contributed by atoms with Crippen molar-refractivity contribution in [2.75, 3.05) is 25.2 Å². The lowest BCUT2D eigenvalue weighted by atomic mass is 9.66. The molecular formula is C27H32N2O5S. The zero-order valence-electron chi connectivity index (χ0n) is 19.9. The van der Waals surface area contributed by atoms with Gasteiger partial charge in [0.05, 0.1) is 0 Å². The van der Waals surface area contributed by atoms with Crippen LogP contribution in [0.5, 0.6) is 0 Å². The van der Waals surface area contributed by atoms with Crippen LogP contribution < -0.4 is 10.6 Å². The summed E-state index contributed by atoms with van der Waals surface area (Å²) < 4.78 is 5.62. The zero-order chi connectivity index (χ0) is 24.8. The molecule has 0 heterocycles. The van der Waals surface area contributed by atoms with E-state index in [1.54, 1.807) is 11.8 Å². The topological polar surface area (TPSA) is 105 Å². The van der Waals surface area contributed by atoms with Crippen LogP contribution in [0, 0.1) is 5.41 Å². The van der Waals surface area contributed by atoms with E-state index in [2.05, 4.69) is 34.9 Å².